The Hall–Kier alpha value is -3.19. The second-order valence-corrected chi connectivity index (χ2v) is 12.0. The number of hydrogen-bond donors (Lipinski definition) is 5. The van der Waals surface area contributed by atoms with Gasteiger partial charge in [-0.25, -0.2) is 0 Å². The number of carbonyl (C=O) groups excluding carboxylic acids is 5. The SMILES string of the molecule is C[C@H]1c2ccc(NC3CCN(C)CC3)c(O)c2C(=O)C2C(=O)[C@]3(O)C(=O)C(C(N)=O)C(=O)[C@@H](N(C)C)[C@@H]3[C@@H](O)[C@@H]21. The third kappa shape index (κ3) is 3.84. The van der Waals surface area contributed by atoms with Crippen LogP contribution in [0.1, 0.15) is 41.6 Å². The van der Waals surface area contributed by atoms with E-state index in [2.05, 4.69) is 10.2 Å². The quantitative estimate of drug-likeness (QED) is 0.224. The van der Waals surface area contributed by atoms with Crippen LogP contribution in [0.2, 0.25) is 0 Å². The van der Waals surface area contributed by atoms with E-state index >= 15 is 0 Å². The number of carbonyl (C=O) groups is 5. The molecule has 216 valence electrons. The van der Waals surface area contributed by atoms with E-state index in [1.165, 1.54) is 19.0 Å². The number of primary amides is 1. The first-order valence-corrected chi connectivity index (χ1v) is 13.6. The second-order valence-electron chi connectivity index (χ2n) is 12.0. The minimum Gasteiger partial charge on any atom is -0.505 e. The molecule has 1 aliphatic heterocycles. The lowest BCUT2D eigenvalue weighted by molar-refractivity contribution is -0.196. The Balaban J connectivity index is 1.59. The predicted molar refractivity (Wildman–Crippen MR) is 142 cm³/mol. The lowest BCUT2D eigenvalue weighted by Gasteiger charge is -2.56. The number of anilines is 1. The lowest BCUT2D eigenvalue weighted by atomic mass is 9.49. The topological polar surface area (TPSA) is 191 Å². The number of benzene rings is 1. The van der Waals surface area contributed by atoms with Crippen LogP contribution in [0.3, 0.4) is 0 Å². The zero-order valence-corrected chi connectivity index (χ0v) is 23.0. The van der Waals surface area contributed by atoms with E-state index in [0.29, 0.717) is 11.3 Å². The molecule has 5 rings (SSSR count). The van der Waals surface area contributed by atoms with Gasteiger partial charge in [-0.05, 0) is 64.6 Å². The molecule has 12 nitrogen and oxygen atoms in total. The molecule has 6 N–H and O–H groups in total. The van der Waals surface area contributed by atoms with Crippen molar-refractivity contribution in [3.8, 4) is 5.75 Å². The van der Waals surface area contributed by atoms with Crippen LogP contribution >= 0.6 is 0 Å². The Morgan fingerprint density at radius 1 is 1.12 bits per heavy atom. The zero-order valence-electron chi connectivity index (χ0n) is 23.0. The normalized spacial score (nSPS) is 36.7. The van der Waals surface area contributed by atoms with Crippen LogP contribution in [0, 0.1) is 23.7 Å². The molecule has 1 amide bonds. The first kappa shape index (κ1) is 28.3. The highest BCUT2D eigenvalue weighted by Crippen LogP contribution is 2.55. The molecule has 3 fully saturated rings. The summed E-state index contributed by atoms with van der Waals surface area (Å²) < 4.78 is 0. The van der Waals surface area contributed by atoms with Crippen molar-refractivity contribution in [3.05, 3.63) is 23.3 Å². The Labute approximate surface area is 231 Å². The van der Waals surface area contributed by atoms with Gasteiger partial charge in [-0.1, -0.05) is 13.0 Å². The molecule has 0 spiro atoms. The lowest BCUT2D eigenvalue weighted by Crippen LogP contribution is -2.77. The Morgan fingerprint density at radius 2 is 1.75 bits per heavy atom. The number of aromatic hydroxyl groups is 1. The molecule has 2 unspecified atom stereocenters. The maximum atomic E-state index is 14.0. The molecule has 1 saturated heterocycles. The number of nitrogens with two attached hydrogens (primary N) is 1. The summed E-state index contributed by atoms with van der Waals surface area (Å²) in [6, 6.07) is 2.01. The van der Waals surface area contributed by atoms with E-state index < -0.39 is 76.4 Å². The number of Topliss-reactive ketones (excluding diaryl/α,β-unsaturated/α-hetero) is 4. The van der Waals surface area contributed by atoms with Crippen molar-refractivity contribution in [3.63, 3.8) is 0 Å². The summed E-state index contributed by atoms with van der Waals surface area (Å²) in [5, 5.41) is 37.9. The van der Waals surface area contributed by atoms with Crippen molar-refractivity contribution in [2.45, 2.75) is 49.5 Å². The van der Waals surface area contributed by atoms with Gasteiger partial charge in [0.15, 0.2) is 34.7 Å². The van der Waals surface area contributed by atoms with E-state index in [4.69, 9.17) is 5.73 Å². The third-order valence-electron chi connectivity index (χ3n) is 9.57. The molecule has 3 aliphatic carbocycles. The first-order chi connectivity index (χ1) is 18.7. The number of aliphatic hydroxyl groups excluding tert-OH is 1. The van der Waals surface area contributed by atoms with Gasteiger partial charge in [0.1, 0.15) is 5.75 Å². The number of likely N-dealkylation sites (tertiary alicyclic amines) is 1. The summed E-state index contributed by atoms with van der Waals surface area (Å²) >= 11 is 0. The molecule has 12 heteroatoms. The van der Waals surface area contributed by atoms with Crippen LogP contribution in [-0.2, 0) is 19.2 Å². The molecule has 1 heterocycles. The molecule has 1 aromatic carbocycles. The van der Waals surface area contributed by atoms with Crippen molar-refractivity contribution >= 4 is 34.7 Å². The standard InChI is InChI=1S/C28H36N4O8/c1-11-13-5-6-14(30-12-7-9-32(4)10-8-12)21(33)16(13)22(34)17-15(11)23(35)19-20(31(2)3)24(36)18(27(29)39)26(38)28(19,40)25(17)37/h5-6,11-12,15,17-20,23,30,33,35,40H,7-10H2,1-4H3,(H2,29,39)/t11-,15+,17?,18?,19+,20-,23-,28-/m0/s1. The summed E-state index contributed by atoms with van der Waals surface area (Å²) in [6.07, 6.45) is 0.0136. The molecule has 0 aromatic heterocycles. The maximum absolute atomic E-state index is 14.0. The number of ketones is 4. The second kappa shape index (κ2) is 9.72. The fourth-order valence-corrected chi connectivity index (χ4v) is 7.48. The summed E-state index contributed by atoms with van der Waals surface area (Å²) in [4.78, 5) is 70.3. The van der Waals surface area contributed by atoms with E-state index in [0.717, 1.165) is 25.9 Å². The van der Waals surface area contributed by atoms with Crippen molar-refractivity contribution in [1.82, 2.24) is 9.80 Å². The van der Waals surface area contributed by atoms with Gasteiger partial charge in [0.25, 0.3) is 0 Å². The largest absolute Gasteiger partial charge is 0.505 e. The van der Waals surface area contributed by atoms with Gasteiger partial charge in [0.05, 0.1) is 35.2 Å². The summed E-state index contributed by atoms with van der Waals surface area (Å²) in [5.41, 5.74) is 2.98. The van der Waals surface area contributed by atoms with Gasteiger partial charge in [0, 0.05) is 12.0 Å². The number of nitrogens with one attached hydrogen (secondary N) is 1. The van der Waals surface area contributed by atoms with E-state index in [1.54, 1.807) is 19.1 Å². The highest BCUT2D eigenvalue weighted by atomic mass is 16.3. The number of phenols is 1. The molecule has 0 radical (unpaired) electrons. The van der Waals surface area contributed by atoms with Crippen molar-refractivity contribution in [1.29, 1.82) is 0 Å². The minimum atomic E-state index is -3.00. The van der Waals surface area contributed by atoms with Gasteiger partial charge in [-0.2, -0.15) is 0 Å². The van der Waals surface area contributed by atoms with Gasteiger partial charge < -0.3 is 31.3 Å². The van der Waals surface area contributed by atoms with Crippen LogP contribution in [0.25, 0.3) is 0 Å². The summed E-state index contributed by atoms with van der Waals surface area (Å²) in [7, 11) is 4.94. The molecule has 1 aromatic rings. The fourth-order valence-electron chi connectivity index (χ4n) is 7.48. The van der Waals surface area contributed by atoms with Crippen LogP contribution in [-0.4, -0.2) is 112 Å². The first-order valence-electron chi connectivity index (χ1n) is 13.6. The molecule has 4 aliphatic rings. The van der Waals surface area contributed by atoms with Crippen LogP contribution in [0.5, 0.6) is 5.75 Å². The monoisotopic (exact) mass is 556 g/mol. The molecular weight excluding hydrogens is 520 g/mol. The molecule has 2 saturated carbocycles. The Bertz CT molecular complexity index is 1310. The molecule has 40 heavy (non-hydrogen) atoms. The maximum Gasteiger partial charge on any atom is 0.235 e. The van der Waals surface area contributed by atoms with Gasteiger partial charge >= 0.3 is 0 Å². The van der Waals surface area contributed by atoms with E-state index in [1.807, 2.05) is 7.05 Å². The van der Waals surface area contributed by atoms with Crippen molar-refractivity contribution < 1.29 is 39.3 Å². The minimum absolute atomic E-state index is 0.0646. The highest BCUT2D eigenvalue weighted by Gasteiger charge is 2.72. The average molecular weight is 557 g/mol. The molecule has 8 atom stereocenters. The summed E-state index contributed by atoms with van der Waals surface area (Å²) in [5.74, 6) is -13.2. The molecule has 0 bridgehead atoms. The van der Waals surface area contributed by atoms with E-state index in [9.17, 15) is 39.3 Å². The van der Waals surface area contributed by atoms with Crippen LogP contribution in [0.15, 0.2) is 12.1 Å². The van der Waals surface area contributed by atoms with Gasteiger partial charge in [-0.15, -0.1) is 0 Å². The molecular formula is C28H36N4O8. The number of fused-ring (bicyclic) bond motifs is 3. The van der Waals surface area contributed by atoms with Gasteiger partial charge in [0.2, 0.25) is 5.91 Å². The number of phenolic OH excluding ortho intramolecular Hbond substituents is 1. The van der Waals surface area contributed by atoms with E-state index in [-0.39, 0.29) is 17.4 Å². The zero-order chi connectivity index (χ0) is 29.4. The van der Waals surface area contributed by atoms with Gasteiger partial charge in [-0.3, -0.25) is 28.9 Å². The predicted octanol–water partition coefficient (Wildman–Crippen LogP) is -1.10. The van der Waals surface area contributed by atoms with Crippen molar-refractivity contribution in [2.75, 3.05) is 39.5 Å². The fraction of sp³-hybridized carbons (Fsp3) is 0.607. The number of likely N-dealkylation sites (N-methyl/N-ethyl adjacent to an activating group) is 1. The number of rotatable bonds is 4. The number of nitrogens with zero attached hydrogens (tertiary/aromatic N) is 2. The Morgan fingerprint density at radius 3 is 2.33 bits per heavy atom. The summed E-state index contributed by atoms with van der Waals surface area (Å²) in [6.45, 7) is 3.43. The number of aliphatic hydroxyl groups is 2. The number of hydrogen-bond acceptors (Lipinski definition) is 11. The smallest absolute Gasteiger partial charge is 0.235 e. The number of amides is 1. The average Bonchev–Trinajstić information content (AvgIpc) is 2.88. The third-order valence-corrected chi connectivity index (χ3v) is 9.57. The Kier molecular flexibility index (Phi) is 6.89. The highest BCUT2D eigenvalue weighted by molar-refractivity contribution is 6.32. The van der Waals surface area contributed by atoms with Crippen LogP contribution in [0.4, 0.5) is 5.69 Å². The van der Waals surface area contributed by atoms with Crippen molar-refractivity contribution in [2.24, 2.45) is 29.4 Å². The van der Waals surface area contributed by atoms with Crippen LogP contribution < -0.4 is 11.1 Å². The number of piperidine rings is 1.